The first-order valence-corrected chi connectivity index (χ1v) is 11.5. The first kappa shape index (κ1) is 25.8. The lowest BCUT2D eigenvalue weighted by Crippen LogP contribution is -2.20. The molecule has 0 saturated heterocycles. The van der Waals surface area contributed by atoms with E-state index in [1.807, 2.05) is 39.0 Å². The highest BCUT2D eigenvalue weighted by Crippen LogP contribution is 2.38. The zero-order valence-electron chi connectivity index (χ0n) is 20.4. The first-order chi connectivity index (χ1) is 17.5. The minimum absolute atomic E-state index is 0.0590. The van der Waals surface area contributed by atoms with E-state index in [0.29, 0.717) is 5.69 Å². The highest BCUT2D eigenvalue weighted by Gasteiger charge is 2.40. The van der Waals surface area contributed by atoms with Gasteiger partial charge in [-0.3, -0.25) is 9.59 Å². The van der Waals surface area contributed by atoms with Gasteiger partial charge in [0.1, 0.15) is 17.1 Å². The molecular weight excluding hydrogens is 487 g/mol. The number of rotatable bonds is 7. The van der Waals surface area contributed by atoms with Crippen LogP contribution in [0.15, 0.2) is 69.9 Å². The quantitative estimate of drug-likeness (QED) is 0.295. The Balaban J connectivity index is 1.59. The van der Waals surface area contributed by atoms with Crippen LogP contribution in [0.5, 0.6) is 17.2 Å². The van der Waals surface area contributed by atoms with Gasteiger partial charge in [0.15, 0.2) is 6.61 Å². The lowest BCUT2D eigenvalue weighted by Gasteiger charge is -2.14. The Labute approximate surface area is 210 Å². The summed E-state index contributed by atoms with van der Waals surface area (Å²) in [5, 5.41) is 2.61. The van der Waals surface area contributed by atoms with Crippen LogP contribution in [-0.4, -0.2) is 12.5 Å². The Morgan fingerprint density at radius 2 is 1.68 bits per heavy atom. The van der Waals surface area contributed by atoms with Crippen LogP contribution >= 0.6 is 0 Å². The van der Waals surface area contributed by atoms with Gasteiger partial charge in [0.2, 0.25) is 11.2 Å². The number of hydrogen-bond acceptors (Lipinski definition) is 5. The van der Waals surface area contributed by atoms with Crippen molar-refractivity contribution in [1.29, 1.82) is 0 Å². The number of amides is 1. The van der Waals surface area contributed by atoms with E-state index in [4.69, 9.17) is 13.9 Å². The van der Waals surface area contributed by atoms with Crippen molar-refractivity contribution < 1.29 is 31.9 Å². The Hall–Kier alpha value is -4.27. The number of carbonyl (C=O) groups is 1. The summed E-state index contributed by atoms with van der Waals surface area (Å²) >= 11 is 0. The van der Waals surface area contributed by atoms with Crippen LogP contribution < -0.4 is 20.2 Å². The number of alkyl halides is 3. The third-order valence-corrected chi connectivity index (χ3v) is 5.67. The van der Waals surface area contributed by atoms with Gasteiger partial charge in [-0.15, -0.1) is 0 Å². The number of anilines is 1. The van der Waals surface area contributed by atoms with E-state index in [9.17, 15) is 22.8 Å². The number of carbonyl (C=O) groups excluding carboxylic acids is 1. The van der Waals surface area contributed by atoms with E-state index < -0.39 is 35.6 Å². The molecule has 0 fully saturated rings. The van der Waals surface area contributed by atoms with E-state index in [1.165, 1.54) is 24.3 Å². The maximum atomic E-state index is 13.8. The van der Waals surface area contributed by atoms with Crippen LogP contribution in [0, 0.1) is 13.8 Å². The second kappa shape index (κ2) is 10.4. The zero-order valence-corrected chi connectivity index (χ0v) is 20.4. The van der Waals surface area contributed by atoms with Gasteiger partial charge in [-0.2, -0.15) is 13.2 Å². The van der Waals surface area contributed by atoms with E-state index in [-0.39, 0.29) is 22.5 Å². The van der Waals surface area contributed by atoms with E-state index in [0.717, 1.165) is 29.2 Å². The van der Waals surface area contributed by atoms with Crippen molar-refractivity contribution in [1.82, 2.24) is 0 Å². The lowest BCUT2D eigenvalue weighted by atomic mass is 10.1. The standard InChI is InChI=1S/C28H24F3NO5/c1-4-18-7-9-19(10-8-18)36-26-25(34)21-12-11-20(14-23(21)37-27(26)28(29,30)31)35-15-24(33)32-22-13-16(2)5-6-17(22)3/h5-14H,4,15H2,1-3H3,(H,32,33). The maximum absolute atomic E-state index is 13.8. The molecule has 0 saturated carbocycles. The SMILES string of the molecule is CCc1ccc(Oc2c(C(F)(F)F)oc3cc(OCC(=O)Nc4cc(C)ccc4C)ccc3c2=O)cc1. The predicted molar refractivity (Wildman–Crippen MR) is 133 cm³/mol. The average Bonchev–Trinajstić information content (AvgIpc) is 2.86. The molecule has 0 aliphatic carbocycles. The molecule has 1 heterocycles. The minimum atomic E-state index is -4.99. The summed E-state index contributed by atoms with van der Waals surface area (Å²) in [7, 11) is 0. The second-order valence-corrected chi connectivity index (χ2v) is 8.50. The van der Waals surface area contributed by atoms with Gasteiger partial charge in [-0.05, 0) is 67.3 Å². The molecule has 1 aromatic heterocycles. The van der Waals surface area contributed by atoms with Crippen molar-refractivity contribution in [2.45, 2.75) is 33.4 Å². The van der Waals surface area contributed by atoms with Crippen molar-refractivity contribution >= 4 is 22.6 Å². The van der Waals surface area contributed by atoms with Crippen molar-refractivity contribution in [3.05, 3.63) is 93.3 Å². The number of fused-ring (bicyclic) bond motifs is 1. The topological polar surface area (TPSA) is 77.8 Å². The van der Waals surface area contributed by atoms with Crippen LogP contribution in [0.4, 0.5) is 18.9 Å². The smallest absolute Gasteiger partial charge is 0.453 e. The molecule has 192 valence electrons. The molecule has 1 N–H and O–H groups in total. The van der Waals surface area contributed by atoms with Crippen LogP contribution in [0.25, 0.3) is 11.0 Å². The van der Waals surface area contributed by atoms with Crippen molar-refractivity contribution in [2.24, 2.45) is 0 Å². The monoisotopic (exact) mass is 511 g/mol. The van der Waals surface area contributed by atoms with Crippen LogP contribution in [-0.2, 0) is 17.4 Å². The number of benzene rings is 3. The third-order valence-electron chi connectivity index (χ3n) is 5.67. The molecule has 4 rings (SSSR count). The van der Waals surface area contributed by atoms with E-state index in [2.05, 4.69) is 5.32 Å². The van der Waals surface area contributed by atoms with Crippen LogP contribution in [0.3, 0.4) is 0 Å². The molecule has 0 bridgehead atoms. The van der Waals surface area contributed by atoms with Crippen molar-refractivity contribution in [3.63, 3.8) is 0 Å². The zero-order chi connectivity index (χ0) is 26.7. The molecule has 0 aliphatic rings. The number of halogens is 3. The Bertz CT molecular complexity index is 1510. The highest BCUT2D eigenvalue weighted by atomic mass is 19.4. The summed E-state index contributed by atoms with van der Waals surface area (Å²) in [6, 6.07) is 15.8. The van der Waals surface area contributed by atoms with Gasteiger partial charge in [0.25, 0.3) is 11.7 Å². The Morgan fingerprint density at radius 3 is 2.35 bits per heavy atom. The van der Waals surface area contributed by atoms with E-state index in [1.54, 1.807) is 12.1 Å². The van der Waals surface area contributed by atoms with Gasteiger partial charge in [0.05, 0.1) is 5.39 Å². The number of aryl methyl sites for hydroxylation is 3. The molecule has 0 spiro atoms. The minimum Gasteiger partial charge on any atom is -0.484 e. The largest absolute Gasteiger partial charge is 0.484 e. The number of nitrogens with one attached hydrogen (secondary N) is 1. The molecule has 3 aromatic carbocycles. The molecule has 0 radical (unpaired) electrons. The molecule has 9 heteroatoms. The summed E-state index contributed by atoms with van der Waals surface area (Å²) < 4.78 is 57.3. The summed E-state index contributed by atoms with van der Waals surface area (Å²) in [6.07, 6.45) is -4.25. The lowest BCUT2D eigenvalue weighted by molar-refractivity contribution is -0.154. The fourth-order valence-electron chi connectivity index (χ4n) is 3.64. The number of hydrogen-bond donors (Lipinski definition) is 1. The van der Waals surface area contributed by atoms with Crippen LogP contribution in [0.2, 0.25) is 0 Å². The maximum Gasteiger partial charge on any atom is 0.453 e. The Kier molecular flexibility index (Phi) is 7.24. The molecular formula is C28H24F3NO5. The van der Waals surface area contributed by atoms with Gasteiger partial charge in [0, 0.05) is 11.8 Å². The molecule has 0 unspecified atom stereocenters. The van der Waals surface area contributed by atoms with Crippen molar-refractivity contribution in [3.8, 4) is 17.2 Å². The first-order valence-electron chi connectivity index (χ1n) is 11.5. The summed E-state index contributed by atoms with van der Waals surface area (Å²) in [4.78, 5) is 25.3. The fraction of sp³-hybridized carbons (Fsp3) is 0.214. The molecule has 4 aromatic rings. The van der Waals surface area contributed by atoms with Gasteiger partial charge < -0.3 is 19.2 Å². The predicted octanol–water partition coefficient (Wildman–Crippen LogP) is 6.80. The third kappa shape index (κ3) is 5.94. The second-order valence-electron chi connectivity index (χ2n) is 8.50. The molecule has 0 aliphatic heterocycles. The number of ether oxygens (including phenoxy) is 2. The highest BCUT2D eigenvalue weighted by molar-refractivity contribution is 5.92. The fourth-order valence-corrected chi connectivity index (χ4v) is 3.64. The summed E-state index contributed by atoms with van der Waals surface area (Å²) in [6.45, 7) is 5.27. The van der Waals surface area contributed by atoms with Gasteiger partial charge in [-0.1, -0.05) is 31.2 Å². The molecule has 37 heavy (non-hydrogen) atoms. The molecule has 1 amide bonds. The molecule has 6 nitrogen and oxygen atoms in total. The summed E-state index contributed by atoms with van der Waals surface area (Å²) in [5.74, 6) is -2.84. The van der Waals surface area contributed by atoms with Gasteiger partial charge in [-0.25, -0.2) is 0 Å². The van der Waals surface area contributed by atoms with Crippen LogP contribution in [0.1, 0.15) is 29.4 Å². The Morgan fingerprint density at radius 1 is 0.973 bits per heavy atom. The van der Waals surface area contributed by atoms with Gasteiger partial charge >= 0.3 is 6.18 Å². The summed E-state index contributed by atoms with van der Waals surface area (Å²) in [5.41, 5.74) is 2.10. The average molecular weight is 511 g/mol. The normalized spacial score (nSPS) is 11.4. The van der Waals surface area contributed by atoms with Crippen molar-refractivity contribution in [2.75, 3.05) is 11.9 Å². The molecule has 0 atom stereocenters. The van der Waals surface area contributed by atoms with E-state index >= 15 is 0 Å².